The minimum absolute atomic E-state index is 0.353. The third-order valence-corrected chi connectivity index (χ3v) is 3.27. The van der Waals surface area contributed by atoms with Crippen molar-refractivity contribution in [2.45, 2.75) is 0 Å². The molecule has 0 bridgehead atoms. The van der Waals surface area contributed by atoms with E-state index in [1.807, 2.05) is 66.9 Å². The molecule has 0 aliphatic rings. The Bertz CT molecular complexity index is 733. The van der Waals surface area contributed by atoms with Crippen LogP contribution < -0.4 is 5.73 Å². The number of aromatic nitrogens is 2. The topological polar surface area (TPSA) is 43.8 Å². The lowest BCUT2D eigenvalue weighted by molar-refractivity contribution is 0.884. The van der Waals surface area contributed by atoms with Gasteiger partial charge in [-0.1, -0.05) is 60.7 Å². The van der Waals surface area contributed by atoms with E-state index in [0.717, 1.165) is 22.5 Å². The maximum atomic E-state index is 5.82. The summed E-state index contributed by atoms with van der Waals surface area (Å²) in [5, 5.41) is 4.62. The Kier molecular flexibility index (Phi) is 3.31. The normalized spacial score (nSPS) is 10.4. The highest BCUT2D eigenvalue weighted by Crippen LogP contribution is 2.23. The Balaban J connectivity index is 2.15. The molecule has 3 nitrogen and oxygen atoms in total. The quantitative estimate of drug-likeness (QED) is 0.749. The standard InChI is InChI=1S/C16H13N3S/c17-16(20)14-11-19(13-9-5-2-6-10-13)18-15(14)12-7-3-1-4-8-12/h1-11H,(H2,17,20). The molecule has 0 unspecified atom stereocenters. The van der Waals surface area contributed by atoms with Crippen LogP contribution in [0, 0.1) is 0 Å². The van der Waals surface area contributed by atoms with E-state index in [1.54, 1.807) is 4.68 Å². The molecule has 0 aliphatic carbocycles. The van der Waals surface area contributed by atoms with Gasteiger partial charge in [-0.05, 0) is 12.1 Å². The molecule has 98 valence electrons. The first kappa shape index (κ1) is 12.6. The molecule has 1 aromatic heterocycles. The van der Waals surface area contributed by atoms with Gasteiger partial charge in [-0.2, -0.15) is 5.10 Å². The van der Waals surface area contributed by atoms with E-state index in [2.05, 4.69) is 5.10 Å². The lowest BCUT2D eigenvalue weighted by Gasteiger charge is -2.00. The Morgan fingerprint density at radius 2 is 1.55 bits per heavy atom. The van der Waals surface area contributed by atoms with Crippen molar-refractivity contribution in [1.82, 2.24) is 9.78 Å². The van der Waals surface area contributed by atoms with Crippen LogP contribution in [0.3, 0.4) is 0 Å². The molecule has 3 aromatic rings. The zero-order valence-electron chi connectivity index (χ0n) is 10.7. The van der Waals surface area contributed by atoms with Crippen molar-refractivity contribution in [3.05, 3.63) is 72.4 Å². The second kappa shape index (κ2) is 5.27. The molecule has 0 spiro atoms. The monoisotopic (exact) mass is 279 g/mol. The van der Waals surface area contributed by atoms with Crippen molar-refractivity contribution >= 4 is 17.2 Å². The summed E-state index contributed by atoms with van der Waals surface area (Å²) < 4.78 is 1.80. The molecule has 0 aliphatic heterocycles. The predicted octanol–water partition coefficient (Wildman–Crippen LogP) is 3.17. The van der Waals surface area contributed by atoms with Gasteiger partial charge in [0, 0.05) is 11.8 Å². The van der Waals surface area contributed by atoms with Crippen LogP contribution in [-0.4, -0.2) is 14.8 Å². The van der Waals surface area contributed by atoms with E-state index >= 15 is 0 Å². The Morgan fingerprint density at radius 1 is 0.950 bits per heavy atom. The summed E-state index contributed by atoms with van der Waals surface area (Å²) in [7, 11) is 0. The second-order valence-electron chi connectivity index (χ2n) is 4.40. The molecular weight excluding hydrogens is 266 g/mol. The van der Waals surface area contributed by atoms with Gasteiger partial charge in [0.25, 0.3) is 0 Å². The van der Waals surface area contributed by atoms with Crippen molar-refractivity contribution in [2.24, 2.45) is 5.73 Å². The van der Waals surface area contributed by atoms with Gasteiger partial charge >= 0.3 is 0 Å². The Morgan fingerprint density at radius 3 is 2.15 bits per heavy atom. The minimum Gasteiger partial charge on any atom is -0.389 e. The zero-order chi connectivity index (χ0) is 13.9. The summed E-state index contributed by atoms with van der Waals surface area (Å²) in [5.74, 6) is 0. The number of rotatable bonds is 3. The van der Waals surface area contributed by atoms with Gasteiger partial charge in [0.05, 0.1) is 11.3 Å². The van der Waals surface area contributed by atoms with Crippen LogP contribution in [0.2, 0.25) is 0 Å². The third kappa shape index (κ3) is 2.33. The first-order valence-corrected chi connectivity index (χ1v) is 6.67. The number of para-hydroxylation sites is 1. The van der Waals surface area contributed by atoms with Gasteiger partial charge in [-0.15, -0.1) is 0 Å². The first-order chi connectivity index (χ1) is 9.75. The lowest BCUT2D eigenvalue weighted by atomic mass is 10.1. The molecule has 2 N–H and O–H groups in total. The molecule has 0 radical (unpaired) electrons. The molecular formula is C16H13N3S. The van der Waals surface area contributed by atoms with Crippen LogP contribution in [-0.2, 0) is 0 Å². The molecule has 0 saturated carbocycles. The van der Waals surface area contributed by atoms with Crippen molar-refractivity contribution < 1.29 is 0 Å². The first-order valence-electron chi connectivity index (χ1n) is 6.26. The second-order valence-corrected chi connectivity index (χ2v) is 4.84. The molecule has 0 amide bonds. The average molecular weight is 279 g/mol. The Hall–Kier alpha value is -2.46. The van der Waals surface area contributed by atoms with Gasteiger partial charge in [0.1, 0.15) is 10.7 Å². The fourth-order valence-corrected chi connectivity index (χ4v) is 2.23. The van der Waals surface area contributed by atoms with Gasteiger partial charge in [0.15, 0.2) is 0 Å². The Labute approximate surface area is 122 Å². The van der Waals surface area contributed by atoms with Crippen LogP contribution in [0.5, 0.6) is 0 Å². The number of nitrogens with two attached hydrogens (primary N) is 1. The molecule has 3 rings (SSSR count). The number of benzene rings is 2. The number of nitrogens with zero attached hydrogens (tertiary/aromatic N) is 2. The van der Waals surface area contributed by atoms with E-state index in [-0.39, 0.29) is 0 Å². The summed E-state index contributed by atoms with van der Waals surface area (Å²) in [6, 6.07) is 19.8. The van der Waals surface area contributed by atoms with Crippen molar-refractivity contribution in [2.75, 3.05) is 0 Å². The summed E-state index contributed by atoms with van der Waals surface area (Å²) >= 11 is 5.14. The van der Waals surface area contributed by atoms with E-state index in [4.69, 9.17) is 18.0 Å². The highest BCUT2D eigenvalue weighted by atomic mass is 32.1. The highest BCUT2D eigenvalue weighted by Gasteiger charge is 2.13. The van der Waals surface area contributed by atoms with E-state index in [1.165, 1.54) is 0 Å². The van der Waals surface area contributed by atoms with Crippen LogP contribution in [0.25, 0.3) is 16.9 Å². The summed E-state index contributed by atoms with van der Waals surface area (Å²) in [5.41, 5.74) is 9.40. The minimum atomic E-state index is 0.353. The summed E-state index contributed by atoms with van der Waals surface area (Å²) in [6.45, 7) is 0. The molecule has 1 heterocycles. The smallest absolute Gasteiger partial charge is 0.107 e. The maximum Gasteiger partial charge on any atom is 0.107 e. The SMILES string of the molecule is NC(=S)c1cn(-c2ccccc2)nc1-c1ccccc1. The molecule has 0 saturated heterocycles. The van der Waals surface area contributed by atoms with Crippen LogP contribution >= 0.6 is 12.2 Å². The van der Waals surface area contributed by atoms with Crippen LogP contribution in [0.4, 0.5) is 0 Å². The number of thiocarbonyl (C=S) groups is 1. The molecule has 0 atom stereocenters. The van der Waals surface area contributed by atoms with E-state index in [9.17, 15) is 0 Å². The highest BCUT2D eigenvalue weighted by molar-refractivity contribution is 7.80. The van der Waals surface area contributed by atoms with Gasteiger partial charge < -0.3 is 5.73 Å². The molecule has 4 heteroatoms. The van der Waals surface area contributed by atoms with Crippen LogP contribution in [0.1, 0.15) is 5.56 Å². The van der Waals surface area contributed by atoms with Gasteiger partial charge in [-0.25, -0.2) is 4.68 Å². The van der Waals surface area contributed by atoms with Crippen molar-refractivity contribution in [1.29, 1.82) is 0 Å². The molecule has 2 aromatic carbocycles. The number of hydrogen-bond acceptors (Lipinski definition) is 2. The zero-order valence-corrected chi connectivity index (χ0v) is 11.5. The molecule has 0 fully saturated rings. The largest absolute Gasteiger partial charge is 0.389 e. The molecule has 20 heavy (non-hydrogen) atoms. The summed E-state index contributed by atoms with van der Waals surface area (Å²) in [4.78, 5) is 0.353. The summed E-state index contributed by atoms with van der Waals surface area (Å²) in [6.07, 6.45) is 1.88. The van der Waals surface area contributed by atoms with Gasteiger partial charge in [0.2, 0.25) is 0 Å². The number of hydrogen-bond donors (Lipinski definition) is 1. The average Bonchev–Trinajstić information content (AvgIpc) is 2.94. The van der Waals surface area contributed by atoms with Crippen molar-refractivity contribution in [3.63, 3.8) is 0 Å². The lowest BCUT2D eigenvalue weighted by Crippen LogP contribution is -2.09. The van der Waals surface area contributed by atoms with Gasteiger partial charge in [-0.3, -0.25) is 0 Å². The van der Waals surface area contributed by atoms with Crippen LogP contribution in [0.15, 0.2) is 66.9 Å². The van der Waals surface area contributed by atoms with E-state index < -0.39 is 0 Å². The predicted molar refractivity (Wildman–Crippen MR) is 84.9 cm³/mol. The van der Waals surface area contributed by atoms with E-state index in [0.29, 0.717) is 4.99 Å². The fourth-order valence-electron chi connectivity index (χ4n) is 2.08. The maximum absolute atomic E-state index is 5.82. The van der Waals surface area contributed by atoms with Crippen molar-refractivity contribution in [3.8, 4) is 16.9 Å². The third-order valence-electron chi connectivity index (χ3n) is 3.05. The fraction of sp³-hybridized carbons (Fsp3) is 0.